The zero-order chi connectivity index (χ0) is 16.9. The van der Waals surface area contributed by atoms with Gasteiger partial charge in [-0.15, -0.1) is 0 Å². The van der Waals surface area contributed by atoms with Gasteiger partial charge in [-0.05, 0) is 43.0 Å². The summed E-state index contributed by atoms with van der Waals surface area (Å²) < 4.78 is 0. The minimum absolute atomic E-state index is 0.265. The second kappa shape index (κ2) is 7.49. The second-order valence-corrected chi connectivity index (χ2v) is 6.18. The molecule has 0 bridgehead atoms. The predicted molar refractivity (Wildman–Crippen MR) is 95.8 cm³/mol. The highest BCUT2D eigenvalue weighted by atomic mass is 35.5. The van der Waals surface area contributed by atoms with Crippen LogP contribution in [0.2, 0.25) is 5.15 Å². The number of aromatic nitrogens is 2. The number of fused-ring (bicyclic) bond motifs is 1. The quantitative estimate of drug-likeness (QED) is 0.744. The van der Waals surface area contributed by atoms with E-state index in [4.69, 9.17) is 11.6 Å². The van der Waals surface area contributed by atoms with Crippen LogP contribution in [0.3, 0.4) is 0 Å². The highest BCUT2D eigenvalue weighted by Crippen LogP contribution is 2.19. The number of pyridine rings is 2. The lowest BCUT2D eigenvalue weighted by atomic mass is 10.1. The van der Waals surface area contributed by atoms with Crippen molar-refractivity contribution in [2.45, 2.75) is 26.2 Å². The molecule has 2 aromatic rings. The van der Waals surface area contributed by atoms with Crippen LogP contribution in [-0.4, -0.2) is 29.1 Å². The van der Waals surface area contributed by atoms with Crippen molar-refractivity contribution in [3.05, 3.63) is 46.4 Å². The van der Waals surface area contributed by atoms with Crippen molar-refractivity contribution < 1.29 is 4.79 Å². The van der Waals surface area contributed by atoms with Crippen molar-refractivity contribution in [1.29, 1.82) is 0 Å². The number of hydrogen-bond acceptors (Lipinski definition) is 4. The number of carbonyl (C=O) groups excluding carboxylic acids is 1. The van der Waals surface area contributed by atoms with Gasteiger partial charge in [0, 0.05) is 25.2 Å². The molecule has 3 N–H and O–H groups in total. The average molecular weight is 346 g/mol. The molecule has 0 saturated carbocycles. The van der Waals surface area contributed by atoms with E-state index in [1.807, 2.05) is 13.0 Å². The maximum absolute atomic E-state index is 12.0. The van der Waals surface area contributed by atoms with E-state index < -0.39 is 0 Å². The molecule has 3 rings (SSSR count). The molecule has 1 aliphatic heterocycles. The molecule has 0 fully saturated rings. The molecule has 0 aliphatic carbocycles. The van der Waals surface area contributed by atoms with Gasteiger partial charge in [0.15, 0.2) is 0 Å². The van der Waals surface area contributed by atoms with Crippen LogP contribution < -0.4 is 16.0 Å². The van der Waals surface area contributed by atoms with Gasteiger partial charge in [-0.2, -0.15) is 0 Å². The Kier molecular flexibility index (Phi) is 5.15. The number of anilines is 2. The fourth-order valence-electron chi connectivity index (χ4n) is 2.63. The van der Waals surface area contributed by atoms with E-state index in [1.165, 1.54) is 5.56 Å². The summed E-state index contributed by atoms with van der Waals surface area (Å²) in [6.45, 7) is 3.35. The zero-order valence-corrected chi connectivity index (χ0v) is 14.3. The molecule has 126 valence electrons. The summed E-state index contributed by atoms with van der Waals surface area (Å²) in [5.41, 5.74) is 3.75. The Morgan fingerprint density at radius 1 is 1.42 bits per heavy atom. The minimum Gasteiger partial charge on any atom is -0.370 e. The Labute approximate surface area is 146 Å². The van der Waals surface area contributed by atoms with Crippen LogP contribution >= 0.6 is 11.6 Å². The molecule has 1 aliphatic rings. The van der Waals surface area contributed by atoms with Crippen LogP contribution in [0.1, 0.15) is 23.2 Å². The van der Waals surface area contributed by atoms with E-state index >= 15 is 0 Å². The first kappa shape index (κ1) is 16.5. The van der Waals surface area contributed by atoms with Gasteiger partial charge in [0.05, 0.1) is 11.9 Å². The third kappa shape index (κ3) is 4.14. The van der Waals surface area contributed by atoms with E-state index in [2.05, 4.69) is 32.0 Å². The highest BCUT2D eigenvalue weighted by Gasteiger charge is 2.10. The van der Waals surface area contributed by atoms with Crippen LogP contribution in [-0.2, 0) is 12.8 Å². The Morgan fingerprint density at radius 3 is 3.12 bits per heavy atom. The van der Waals surface area contributed by atoms with Gasteiger partial charge < -0.3 is 16.0 Å². The average Bonchev–Trinajstić information content (AvgIpc) is 2.57. The van der Waals surface area contributed by atoms with Crippen molar-refractivity contribution in [1.82, 2.24) is 15.3 Å². The smallest absolute Gasteiger partial charge is 0.319 e. The first-order chi connectivity index (χ1) is 11.6. The molecule has 7 heteroatoms. The maximum Gasteiger partial charge on any atom is 0.319 e. The zero-order valence-electron chi connectivity index (χ0n) is 13.5. The first-order valence-electron chi connectivity index (χ1n) is 8.01. The topological polar surface area (TPSA) is 78.9 Å². The lowest BCUT2D eigenvalue weighted by molar-refractivity contribution is 0.252. The minimum atomic E-state index is -0.265. The molecule has 0 aromatic carbocycles. The molecule has 0 saturated heterocycles. The fourth-order valence-corrected chi connectivity index (χ4v) is 2.84. The summed E-state index contributed by atoms with van der Waals surface area (Å²) in [7, 11) is 0. The molecule has 3 heterocycles. The molecule has 6 nitrogen and oxygen atoms in total. The largest absolute Gasteiger partial charge is 0.370 e. The number of carbonyl (C=O) groups is 1. The first-order valence-corrected chi connectivity index (χ1v) is 8.39. The van der Waals surface area contributed by atoms with E-state index in [1.54, 1.807) is 12.3 Å². The van der Waals surface area contributed by atoms with Crippen molar-refractivity contribution >= 4 is 29.1 Å². The Bertz CT molecular complexity index is 750. The predicted octanol–water partition coefficient (Wildman–Crippen LogP) is 3.16. The molecule has 0 radical (unpaired) electrons. The van der Waals surface area contributed by atoms with E-state index in [-0.39, 0.29) is 6.03 Å². The van der Waals surface area contributed by atoms with Crippen LogP contribution in [0.4, 0.5) is 16.3 Å². The SMILES string of the molecule is Cc1cc(Cl)ncc1NC(=O)NCCc1ccc2c(n1)NCCC2. The number of hydrogen-bond donors (Lipinski definition) is 3. The second-order valence-electron chi connectivity index (χ2n) is 5.79. The van der Waals surface area contributed by atoms with Gasteiger partial charge in [-0.3, -0.25) is 0 Å². The number of nitrogens with zero attached hydrogens (tertiary/aromatic N) is 2. The Morgan fingerprint density at radius 2 is 2.29 bits per heavy atom. The highest BCUT2D eigenvalue weighted by molar-refractivity contribution is 6.29. The lowest BCUT2D eigenvalue weighted by Gasteiger charge is -2.17. The molecule has 0 unspecified atom stereocenters. The van der Waals surface area contributed by atoms with Crippen LogP contribution in [0, 0.1) is 6.92 Å². The molecule has 2 amide bonds. The number of rotatable bonds is 4. The summed E-state index contributed by atoms with van der Waals surface area (Å²) in [6.07, 6.45) is 4.45. The van der Waals surface area contributed by atoms with Gasteiger partial charge in [0.2, 0.25) is 0 Å². The molecule has 2 aromatic heterocycles. The molecule has 0 atom stereocenters. The summed E-state index contributed by atoms with van der Waals surface area (Å²) >= 11 is 5.80. The molecular formula is C17H20ClN5O. The number of halogens is 1. The van der Waals surface area contributed by atoms with Gasteiger partial charge in [0.25, 0.3) is 0 Å². The summed E-state index contributed by atoms with van der Waals surface area (Å²) in [6, 6.07) is 5.59. The number of nitrogens with one attached hydrogen (secondary N) is 3. The van der Waals surface area contributed by atoms with E-state index in [0.717, 1.165) is 36.5 Å². The van der Waals surface area contributed by atoms with Gasteiger partial charge in [-0.25, -0.2) is 14.8 Å². The van der Waals surface area contributed by atoms with Crippen molar-refractivity contribution in [2.75, 3.05) is 23.7 Å². The van der Waals surface area contributed by atoms with Crippen molar-refractivity contribution in [3.63, 3.8) is 0 Å². The lowest BCUT2D eigenvalue weighted by Crippen LogP contribution is -2.31. The molecule has 24 heavy (non-hydrogen) atoms. The summed E-state index contributed by atoms with van der Waals surface area (Å²) in [5, 5.41) is 9.32. The van der Waals surface area contributed by atoms with Crippen molar-refractivity contribution in [3.8, 4) is 0 Å². The van der Waals surface area contributed by atoms with Gasteiger partial charge in [-0.1, -0.05) is 17.7 Å². The number of aryl methyl sites for hydroxylation is 2. The van der Waals surface area contributed by atoms with Crippen LogP contribution in [0.25, 0.3) is 0 Å². The van der Waals surface area contributed by atoms with Gasteiger partial charge >= 0.3 is 6.03 Å². The summed E-state index contributed by atoms with van der Waals surface area (Å²) in [5.74, 6) is 0.978. The Hall–Kier alpha value is -2.34. The normalized spacial score (nSPS) is 12.9. The third-order valence-corrected chi connectivity index (χ3v) is 4.15. The van der Waals surface area contributed by atoms with Crippen molar-refractivity contribution in [2.24, 2.45) is 0 Å². The van der Waals surface area contributed by atoms with Gasteiger partial charge in [0.1, 0.15) is 11.0 Å². The third-order valence-electron chi connectivity index (χ3n) is 3.94. The number of amides is 2. The van der Waals surface area contributed by atoms with E-state index in [9.17, 15) is 4.79 Å². The summed E-state index contributed by atoms with van der Waals surface area (Å²) in [4.78, 5) is 20.5. The standard InChI is InChI=1S/C17H20ClN5O/c1-11-9-15(18)21-10-14(11)23-17(24)20-8-6-13-5-4-12-3-2-7-19-16(12)22-13/h4-5,9-10H,2-3,6-8H2,1H3,(H,19,22)(H2,20,23,24). The fraction of sp³-hybridized carbons (Fsp3) is 0.353. The maximum atomic E-state index is 12.0. The number of urea groups is 1. The van der Waals surface area contributed by atoms with E-state index in [0.29, 0.717) is 23.8 Å². The monoisotopic (exact) mass is 345 g/mol. The molecule has 0 spiro atoms. The molecular weight excluding hydrogens is 326 g/mol. The Balaban J connectivity index is 1.50. The van der Waals surface area contributed by atoms with Crippen LogP contribution in [0.15, 0.2) is 24.4 Å². The van der Waals surface area contributed by atoms with Crippen LogP contribution in [0.5, 0.6) is 0 Å².